The highest BCUT2D eigenvalue weighted by Crippen LogP contribution is 2.15. The zero-order valence-electron chi connectivity index (χ0n) is 9.64. The summed E-state index contributed by atoms with van der Waals surface area (Å²) in [6.45, 7) is 0. The molecular weight excluding hydrogens is 229 g/mol. The van der Waals surface area contributed by atoms with E-state index >= 15 is 0 Å². The molecule has 0 aliphatic carbocycles. The summed E-state index contributed by atoms with van der Waals surface area (Å²) < 4.78 is 13.0. The molecule has 0 unspecified atom stereocenters. The number of ketones is 1. The van der Waals surface area contributed by atoms with Gasteiger partial charge >= 0.3 is 0 Å². The van der Waals surface area contributed by atoms with Gasteiger partial charge in [-0.3, -0.25) is 4.79 Å². The molecule has 0 atom stereocenters. The van der Waals surface area contributed by atoms with Gasteiger partial charge in [0.1, 0.15) is 5.82 Å². The van der Waals surface area contributed by atoms with Gasteiger partial charge in [-0.2, -0.15) is 0 Å². The second-order valence-corrected chi connectivity index (χ2v) is 3.84. The van der Waals surface area contributed by atoms with Gasteiger partial charge in [-0.1, -0.05) is 30.3 Å². The summed E-state index contributed by atoms with van der Waals surface area (Å²) in [4.78, 5) is 11.8. The number of halogens is 1. The molecule has 0 aliphatic rings. The van der Waals surface area contributed by atoms with Gasteiger partial charge in [0.2, 0.25) is 0 Å². The Morgan fingerprint density at radius 2 is 1.83 bits per heavy atom. The minimum absolute atomic E-state index is 0.140. The van der Waals surface area contributed by atoms with Crippen LogP contribution < -0.4 is 5.73 Å². The Morgan fingerprint density at radius 1 is 1.11 bits per heavy atom. The molecular formula is C15H12FNO. The predicted octanol–water partition coefficient (Wildman–Crippen LogP) is 3.30. The van der Waals surface area contributed by atoms with E-state index < -0.39 is 0 Å². The SMILES string of the molecule is Nc1ccc(F)cc1/C=C/C(=O)c1ccccc1. The van der Waals surface area contributed by atoms with Gasteiger partial charge in [-0.25, -0.2) is 4.39 Å². The van der Waals surface area contributed by atoms with Crippen molar-refractivity contribution in [1.82, 2.24) is 0 Å². The lowest BCUT2D eigenvalue weighted by Crippen LogP contribution is -1.94. The monoisotopic (exact) mass is 241 g/mol. The van der Waals surface area contributed by atoms with Crippen LogP contribution in [-0.4, -0.2) is 5.78 Å². The lowest BCUT2D eigenvalue weighted by atomic mass is 10.1. The average Bonchev–Trinajstić information content (AvgIpc) is 2.40. The van der Waals surface area contributed by atoms with Crippen LogP contribution in [0.15, 0.2) is 54.6 Å². The highest BCUT2D eigenvalue weighted by Gasteiger charge is 2.01. The fraction of sp³-hybridized carbons (Fsp3) is 0. The van der Waals surface area contributed by atoms with Gasteiger partial charge in [0.05, 0.1) is 0 Å². The fourth-order valence-electron chi connectivity index (χ4n) is 1.55. The van der Waals surface area contributed by atoms with Crippen molar-refractivity contribution in [3.8, 4) is 0 Å². The number of carbonyl (C=O) groups excluding carboxylic acids is 1. The fourth-order valence-corrected chi connectivity index (χ4v) is 1.55. The molecule has 0 heterocycles. The molecule has 0 saturated carbocycles. The highest BCUT2D eigenvalue weighted by molar-refractivity contribution is 6.07. The molecule has 2 rings (SSSR count). The van der Waals surface area contributed by atoms with E-state index in [1.165, 1.54) is 30.4 Å². The van der Waals surface area contributed by atoms with Crippen LogP contribution in [0.2, 0.25) is 0 Å². The van der Waals surface area contributed by atoms with Crippen LogP contribution in [0.25, 0.3) is 6.08 Å². The first-order chi connectivity index (χ1) is 8.66. The molecule has 90 valence electrons. The molecule has 2 aromatic carbocycles. The first-order valence-electron chi connectivity index (χ1n) is 5.49. The van der Waals surface area contributed by atoms with E-state index in [2.05, 4.69) is 0 Å². The summed E-state index contributed by atoms with van der Waals surface area (Å²) in [5.41, 5.74) is 7.21. The largest absolute Gasteiger partial charge is 0.398 e. The summed E-state index contributed by atoms with van der Waals surface area (Å²) in [5, 5.41) is 0. The Labute approximate surface area is 105 Å². The molecule has 0 saturated heterocycles. The highest BCUT2D eigenvalue weighted by atomic mass is 19.1. The molecule has 0 amide bonds. The smallest absolute Gasteiger partial charge is 0.185 e. The van der Waals surface area contributed by atoms with E-state index in [4.69, 9.17) is 5.73 Å². The Kier molecular flexibility index (Phi) is 3.53. The molecule has 0 aromatic heterocycles. The van der Waals surface area contributed by atoms with Crippen LogP contribution in [-0.2, 0) is 0 Å². The van der Waals surface area contributed by atoms with Crippen molar-refractivity contribution in [2.75, 3.05) is 5.73 Å². The summed E-state index contributed by atoms with van der Waals surface area (Å²) in [6.07, 6.45) is 2.91. The normalized spacial score (nSPS) is 10.7. The minimum Gasteiger partial charge on any atom is -0.398 e. The number of hydrogen-bond acceptors (Lipinski definition) is 2. The van der Waals surface area contributed by atoms with Gasteiger partial charge in [-0.05, 0) is 30.4 Å². The van der Waals surface area contributed by atoms with Crippen LogP contribution in [0.3, 0.4) is 0 Å². The van der Waals surface area contributed by atoms with Crippen molar-refractivity contribution in [1.29, 1.82) is 0 Å². The summed E-state index contributed by atoms with van der Waals surface area (Å²) in [6, 6.07) is 12.9. The van der Waals surface area contributed by atoms with Crippen molar-refractivity contribution >= 4 is 17.5 Å². The van der Waals surface area contributed by atoms with Crippen LogP contribution in [0.1, 0.15) is 15.9 Å². The second kappa shape index (κ2) is 5.27. The average molecular weight is 241 g/mol. The van der Waals surface area contributed by atoms with E-state index in [1.807, 2.05) is 6.07 Å². The molecule has 3 heteroatoms. The number of rotatable bonds is 3. The van der Waals surface area contributed by atoms with E-state index in [9.17, 15) is 9.18 Å². The van der Waals surface area contributed by atoms with E-state index in [0.717, 1.165) is 0 Å². The van der Waals surface area contributed by atoms with Gasteiger partial charge in [-0.15, -0.1) is 0 Å². The number of allylic oxidation sites excluding steroid dienone is 1. The predicted molar refractivity (Wildman–Crippen MR) is 70.6 cm³/mol. The van der Waals surface area contributed by atoms with Crippen molar-refractivity contribution in [3.05, 3.63) is 71.6 Å². The molecule has 0 radical (unpaired) electrons. The molecule has 2 nitrogen and oxygen atoms in total. The van der Waals surface area contributed by atoms with E-state index in [1.54, 1.807) is 24.3 Å². The number of nitrogen functional groups attached to an aromatic ring is 1. The Bertz CT molecular complexity index is 591. The molecule has 18 heavy (non-hydrogen) atoms. The number of benzene rings is 2. The lowest BCUT2D eigenvalue weighted by Gasteiger charge is -2.00. The van der Waals surface area contributed by atoms with Crippen LogP contribution in [0, 0.1) is 5.82 Å². The standard InChI is InChI=1S/C15H12FNO/c16-13-7-8-14(17)12(10-13)6-9-15(18)11-4-2-1-3-5-11/h1-10H,17H2/b9-6+. The third-order valence-corrected chi connectivity index (χ3v) is 2.52. The third-order valence-electron chi connectivity index (χ3n) is 2.52. The van der Waals surface area contributed by atoms with E-state index in [0.29, 0.717) is 16.8 Å². The quantitative estimate of drug-likeness (QED) is 0.509. The number of nitrogens with two attached hydrogens (primary N) is 1. The van der Waals surface area contributed by atoms with Gasteiger partial charge in [0.25, 0.3) is 0 Å². The second-order valence-electron chi connectivity index (χ2n) is 3.84. The molecule has 0 fully saturated rings. The van der Waals surface area contributed by atoms with Crippen molar-refractivity contribution in [3.63, 3.8) is 0 Å². The van der Waals surface area contributed by atoms with Crippen molar-refractivity contribution in [2.24, 2.45) is 0 Å². The molecule has 2 N–H and O–H groups in total. The third kappa shape index (κ3) is 2.83. The van der Waals surface area contributed by atoms with Crippen LogP contribution in [0.5, 0.6) is 0 Å². The van der Waals surface area contributed by atoms with Crippen molar-refractivity contribution in [2.45, 2.75) is 0 Å². The number of carbonyl (C=O) groups is 1. The Hall–Kier alpha value is -2.42. The van der Waals surface area contributed by atoms with Gasteiger partial charge in [0.15, 0.2) is 5.78 Å². The summed E-state index contributed by atoms with van der Waals surface area (Å²) in [7, 11) is 0. The maximum Gasteiger partial charge on any atom is 0.185 e. The Morgan fingerprint density at radius 3 is 2.56 bits per heavy atom. The van der Waals surface area contributed by atoms with Gasteiger partial charge < -0.3 is 5.73 Å². The molecule has 0 spiro atoms. The lowest BCUT2D eigenvalue weighted by molar-refractivity contribution is 0.104. The molecule has 0 bridgehead atoms. The first-order valence-corrected chi connectivity index (χ1v) is 5.49. The zero-order chi connectivity index (χ0) is 13.0. The maximum absolute atomic E-state index is 13.0. The molecule has 0 aliphatic heterocycles. The zero-order valence-corrected chi connectivity index (χ0v) is 9.64. The Balaban J connectivity index is 2.21. The van der Waals surface area contributed by atoms with Crippen molar-refractivity contribution < 1.29 is 9.18 Å². The summed E-state index contributed by atoms with van der Waals surface area (Å²) >= 11 is 0. The van der Waals surface area contributed by atoms with Gasteiger partial charge in [0, 0.05) is 16.8 Å². The first kappa shape index (κ1) is 12.0. The summed E-state index contributed by atoms with van der Waals surface area (Å²) in [5.74, 6) is -0.518. The minimum atomic E-state index is -0.379. The number of hydrogen-bond donors (Lipinski definition) is 1. The topological polar surface area (TPSA) is 43.1 Å². The maximum atomic E-state index is 13.0. The van der Waals surface area contributed by atoms with E-state index in [-0.39, 0.29) is 11.6 Å². The molecule has 2 aromatic rings. The van der Waals surface area contributed by atoms with Crippen LogP contribution >= 0.6 is 0 Å². The van der Waals surface area contributed by atoms with Crippen LogP contribution in [0.4, 0.5) is 10.1 Å². The number of anilines is 1.